The number of rotatable bonds is 0. The highest BCUT2D eigenvalue weighted by atomic mass is 16.1. The number of H-pyrrole nitrogens is 1. The minimum atomic E-state index is 0.0138. The largest absolute Gasteiger partial charge is 0.346 e. The van der Waals surface area contributed by atoms with E-state index in [-0.39, 0.29) is 5.43 Å². The maximum Gasteiger partial charge on any atom is 0.191 e. The van der Waals surface area contributed by atoms with E-state index in [1.165, 1.54) is 6.07 Å². The smallest absolute Gasteiger partial charge is 0.191 e. The molecular formula is C9H8N2O. The summed E-state index contributed by atoms with van der Waals surface area (Å²) >= 11 is 0. The van der Waals surface area contributed by atoms with Gasteiger partial charge in [-0.25, -0.2) is 4.98 Å². The second-order valence-corrected chi connectivity index (χ2v) is 2.75. The van der Waals surface area contributed by atoms with Gasteiger partial charge in [0, 0.05) is 18.5 Å². The number of nitrogens with one attached hydrogen (secondary N) is 1. The van der Waals surface area contributed by atoms with Crippen molar-refractivity contribution in [3.8, 4) is 0 Å². The summed E-state index contributed by atoms with van der Waals surface area (Å²) in [5, 5.41) is 0.650. The van der Waals surface area contributed by atoms with E-state index in [1.54, 1.807) is 12.4 Å². The topological polar surface area (TPSA) is 45.8 Å². The van der Waals surface area contributed by atoms with Crippen LogP contribution < -0.4 is 5.43 Å². The van der Waals surface area contributed by atoms with Crippen LogP contribution in [-0.2, 0) is 0 Å². The van der Waals surface area contributed by atoms with Gasteiger partial charge in [-0.15, -0.1) is 0 Å². The third-order valence-corrected chi connectivity index (χ3v) is 1.74. The summed E-state index contributed by atoms with van der Waals surface area (Å²) in [4.78, 5) is 18.3. The molecule has 0 spiro atoms. The fourth-order valence-electron chi connectivity index (χ4n) is 1.16. The van der Waals surface area contributed by atoms with E-state index in [4.69, 9.17) is 0 Å². The number of aromatic amines is 1. The Morgan fingerprint density at radius 2 is 2.33 bits per heavy atom. The molecule has 12 heavy (non-hydrogen) atoms. The van der Waals surface area contributed by atoms with Crippen molar-refractivity contribution in [1.29, 1.82) is 0 Å². The van der Waals surface area contributed by atoms with Gasteiger partial charge in [-0.3, -0.25) is 4.79 Å². The first-order valence-electron chi connectivity index (χ1n) is 3.71. The first-order chi connectivity index (χ1) is 5.77. The van der Waals surface area contributed by atoms with Gasteiger partial charge in [0.05, 0.1) is 5.39 Å². The minimum Gasteiger partial charge on any atom is -0.346 e. The Bertz CT molecular complexity index is 473. The average molecular weight is 160 g/mol. The molecule has 0 aliphatic carbocycles. The second-order valence-electron chi connectivity index (χ2n) is 2.75. The molecule has 0 aromatic carbocycles. The maximum absolute atomic E-state index is 11.3. The van der Waals surface area contributed by atoms with Gasteiger partial charge in [0.25, 0.3) is 0 Å². The molecule has 2 heterocycles. The molecule has 0 radical (unpaired) electrons. The van der Waals surface area contributed by atoms with Crippen LogP contribution in [0.5, 0.6) is 0 Å². The number of fused-ring (bicyclic) bond motifs is 1. The van der Waals surface area contributed by atoms with Crippen molar-refractivity contribution in [2.45, 2.75) is 6.92 Å². The fraction of sp³-hybridized carbons (Fsp3) is 0.111. The SMILES string of the molecule is Cc1cnc2[nH]ccc(=O)c2c1. The zero-order chi connectivity index (χ0) is 8.55. The fourth-order valence-corrected chi connectivity index (χ4v) is 1.16. The monoisotopic (exact) mass is 160 g/mol. The molecule has 2 rings (SSSR count). The quantitative estimate of drug-likeness (QED) is 0.630. The Kier molecular flexibility index (Phi) is 1.43. The number of hydrogen-bond acceptors (Lipinski definition) is 2. The molecule has 60 valence electrons. The standard InChI is InChI=1S/C9H8N2O/c1-6-4-7-8(12)2-3-10-9(7)11-5-6/h2-5H,1H3,(H,10,11,12). The first-order valence-corrected chi connectivity index (χ1v) is 3.71. The molecule has 0 bridgehead atoms. The highest BCUT2D eigenvalue weighted by Crippen LogP contribution is 2.04. The number of hydrogen-bond donors (Lipinski definition) is 1. The third kappa shape index (κ3) is 0.993. The maximum atomic E-state index is 11.3. The lowest BCUT2D eigenvalue weighted by molar-refractivity contribution is 1.25. The molecule has 0 atom stereocenters. The second kappa shape index (κ2) is 2.44. The molecule has 0 saturated carbocycles. The zero-order valence-corrected chi connectivity index (χ0v) is 6.66. The Morgan fingerprint density at radius 1 is 1.50 bits per heavy atom. The summed E-state index contributed by atoms with van der Waals surface area (Å²) in [6, 6.07) is 3.34. The van der Waals surface area contributed by atoms with Crippen LogP contribution in [-0.4, -0.2) is 9.97 Å². The summed E-state index contributed by atoms with van der Waals surface area (Å²) in [7, 11) is 0. The summed E-state index contributed by atoms with van der Waals surface area (Å²) in [5.41, 5.74) is 1.66. The lowest BCUT2D eigenvalue weighted by Gasteiger charge is -1.95. The lowest BCUT2D eigenvalue weighted by Crippen LogP contribution is -2.01. The predicted molar refractivity (Wildman–Crippen MR) is 47.1 cm³/mol. The van der Waals surface area contributed by atoms with Gasteiger partial charge in [-0.05, 0) is 18.6 Å². The zero-order valence-electron chi connectivity index (χ0n) is 6.66. The molecule has 1 N–H and O–H groups in total. The molecular weight excluding hydrogens is 152 g/mol. The van der Waals surface area contributed by atoms with Crippen LogP contribution in [0.25, 0.3) is 11.0 Å². The normalized spacial score (nSPS) is 10.4. The summed E-state index contributed by atoms with van der Waals surface area (Å²) < 4.78 is 0. The molecule has 0 aliphatic heterocycles. The van der Waals surface area contributed by atoms with Crippen LogP contribution in [0.15, 0.2) is 29.3 Å². The summed E-state index contributed by atoms with van der Waals surface area (Å²) in [6.45, 7) is 1.92. The molecule has 0 saturated heterocycles. The lowest BCUT2D eigenvalue weighted by atomic mass is 10.2. The van der Waals surface area contributed by atoms with E-state index < -0.39 is 0 Å². The minimum absolute atomic E-state index is 0.0138. The van der Waals surface area contributed by atoms with Gasteiger partial charge in [0.15, 0.2) is 5.43 Å². The first kappa shape index (κ1) is 7.03. The molecule has 2 aromatic rings. The van der Waals surface area contributed by atoms with Gasteiger partial charge in [-0.2, -0.15) is 0 Å². The van der Waals surface area contributed by atoms with Crippen LogP contribution in [0.3, 0.4) is 0 Å². The van der Waals surface area contributed by atoms with Crippen molar-refractivity contribution < 1.29 is 0 Å². The molecule has 0 fully saturated rings. The van der Waals surface area contributed by atoms with Gasteiger partial charge in [-0.1, -0.05) is 0 Å². The summed E-state index contributed by atoms with van der Waals surface area (Å²) in [6.07, 6.45) is 3.34. The molecule has 3 heteroatoms. The average Bonchev–Trinajstić information content (AvgIpc) is 2.07. The number of aryl methyl sites for hydroxylation is 1. The van der Waals surface area contributed by atoms with Gasteiger partial charge >= 0.3 is 0 Å². The molecule has 2 aromatic heterocycles. The van der Waals surface area contributed by atoms with Gasteiger partial charge < -0.3 is 4.98 Å². The van der Waals surface area contributed by atoms with Gasteiger partial charge in [0.2, 0.25) is 0 Å². The van der Waals surface area contributed by atoms with Crippen molar-refractivity contribution in [2.75, 3.05) is 0 Å². The van der Waals surface area contributed by atoms with Gasteiger partial charge in [0.1, 0.15) is 5.65 Å². The van der Waals surface area contributed by atoms with Crippen LogP contribution in [0.2, 0.25) is 0 Å². The van der Waals surface area contributed by atoms with Crippen molar-refractivity contribution in [2.24, 2.45) is 0 Å². The van der Waals surface area contributed by atoms with E-state index in [1.807, 2.05) is 13.0 Å². The molecule has 3 nitrogen and oxygen atoms in total. The van der Waals surface area contributed by atoms with Crippen LogP contribution in [0.4, 0.5) is 0 Å². The van der Waals surface area contributed by atoms with Crippen molar-refractivity contribution >= 4 is 11.0 Å². The summed E-state index contributed by atoms with van der Waals surface area (Å²) in [5.74, 6) is 0. The Morgan fingerprint density at radius 3 is 3.17 bits per heavy atom. The Labute approximate surface area is 69.1 Å². The molecule has 0 aliphatic rings. The molecule has 0 amide bonds. The van der Waals surface area contributed by atoms with Crippen LogP contribution >= 0.6 is 0 Å². The van der Waals surface area contributed by atoms with E-state index in [2.05, 4.69) is 9.97 Å². The Balaban J connectivity index is 2.98. The van der Waals surface area contributed by atoms with Crippen molar-refractivity contribution in [1.82, 2.24) is 9.97 Å². The predicted octanol–water partition coefficient (Wildman–Crippen LogP) is 1.23. The van der Waals surface area contributed by atoms with Crippen molar-refractivity contribution in [3.05, 3.63) is 40.3 Å². The number of nitrogens with zero attached hydrogens (tertiary/aromatic N) is 1. The molecule has 0 unspecified atom stereocenters. The highest BCUT2D eigenvalue weighted by molar-refractivity contribution is 5.74. The van der Waals surface area contributed by atoms with E-state index in [0.717, 1.165) is 5.56 Å². The van der Waals surface area contributed by atoms with Crippen LogP contribution in [0.1, 0.15) is 5.56 Å². The van der Waals surface area contributed by atoms with E-state index in [9.17, 15) is 4.79 Å². The Hall–Kier alpha value is -1.64. The van der Waals surface area contributed by atoms with Crippen LogP contribution in [0, 0.1) is 6.92 Å². The van der Waals surface area contributed by atoms with E-state index >= 15 is 0 Å². The third-order valence-electron chi connectivity index (χ3n) is 1.74. The van der Waals surface area contributed by atoms with E-state index in [0.29, 0.717) is 11.0 Å². The number of aromatic nitrogens is 2. The number of pyridine rings is 2. The highest BCUT2D eigenvalue weighted by Gasteiger charge is 1.97. The van der Waals surface area contributed by atoms with Crippen molar-refractivity contribution in [3.63, 3.8) is 0 Å².